The second kappa shape index (κ2) is 8.19. The third kappa shape index (κ3) is 4.54. The number of halogens is 1. The van der Waals surface area contributed by atoms with Crippen LogP contribution in [0, 0.1) is 0 Å². The fraction of sp³-hybridized carbons (Fsp3) is 0.381. The van der Waals surface area contributed by atoms with E-state index in [-0.39, 0.29) is 18.1 Å². The molecule has 2 aliphatic heterocycles. The van der Waals surface area contributed by atoms with Crippen LogP contribution in [0.4, 0.5) is 4.79 Å². The molecule has 1 atom stereocenters. The number of hydrogen-bond donors (Lipinski definition) is 2. The lowest BCUT2D eigenvalue weighted by molar-refractivity contribution is 0.184. The molecule has 2 aromatic carbocycles. The number of piperidine rings is 1. The van der Waals surface area contributed by atoms with Gasteiger partial charge in [-0.1, -0.05) is 41.9 Å². The highest BCUT2D eigenvalue weighted by molar-refractivity contribution is 6.30. The van der Waals surface area contributed by atoms with Crippen LogP contribution in [0.15, 0.2) is 48.5 Å². The van der Waals surface area contributed by atoms with Gasteiger partial charge >= 0.3 is 6.03 Å². The first-order chi connectivity index (χ1) is 13.2. The van der Waals surface area contributed by atoms with Gasteiger partial charge in [0.25, 0.3) is 0 Å². The Kier molecular flexibility index (Phi) is 5.50. The summed E-state index contributed by atoms with van der Waals surface area (Å²) in [5.41, 5.74) is 2.31. The van der Waals surface area contributed by atoms with Gasteiger partial charge in [-0.2, -0.15) is 0 Å². The van der Waals surface area contributed by atoms with E-state index in [1.54, 1.807) is 0 Å². The van der Waals surface area contributed by atoms with Crippen molar-refractivity contribution >= 4 is 17.6 Å². The molecule has 0 aliphatic carbocycles. The molecule has 0 bridgehead atoms. The molecule has 1 unspecified atom stereocenters. The maximum Gasteiger partial charge on any atom is 0.315 e. The molecule has 2 aromatic rings. The summed E-state index contributed by atoms with van der Waals surface area (Å²) in [6.07, 6.45) is 1.91. The molecule has 2 N–H and O–H groups in total. The predicted molar refractivity (Wildman–Crippen MR) is 106 cm³/mol. The zero-order valence-electron chi connectivity index (χ0n) is 15.2. The topological polar surface area (TPSA) is 53.6 Å². The first-order valence-electron chi connectivity index (χ1n) is 9.43. The molecule has 0 radical (unpaired) electrons. The minimum absolute atomic E-state index is 0.0776. The van der Waals surface area contributed by atoms with E-state index >= 15 is 0 Å². The maximum absolute atomic E-state index is 12.4. The number of carbonyl (C=O) groups is 1. The molecule has 6 heteroatoms. The predicted octanol–water partition coefficient (Wildman–Crippen LogP) is 3.74. The molecule has 2 amide bonds. The Morgan fingerprint density at radius 2 is 1.81 bits per heavy atom. The van der Waals surface area contributed by atoms with Crippen LogP contribution < -0.4 is 15.4 Å². The van der Waals surface area contributed by atoms with Gasteiger partial charge in [0, 0.05) is 36.3 Å². The Morgan fingerprint density at radius 1 is 1.07 bits per heavy atom. The molecule has 1 saturated heterocycles. The average molecular weight is 386 g/mol. The quantitative estimate of drug-likeness (QED) is 0.843. The van der Waals surface area contributed by atoms with Crippen LogP contribution in [0.2, 0.25) is 5.02 Å². The van der Waals surface area contributed by atoms with Crippen molar-refractivity contribution in [2.24, 2.45) is 0 Å². The molecular weight excluding hydrogens is 362 g/mol. The highest BCUT2D eigenvalue weighted by atomic mass is 35.5. The summed E-state index contributed by atoms with van der Waals surface area (Å²) in [6.45, 7) is 3.37. The zero-order chi connectivity index (χ0) is 18.6. The van der Waals surface area contributed by atoms with E-state index in [1.807, 2.05) is 36.4 Å². The van der Waals surface area contributed by atoms with Gasteiger partial charge in [0.1, 0.15) is 12.4 Å². The third-order valence-corrected chi connectivity index (χ3v) is 5.50. The highest BCUT2D eigenvalue weighted by Gasteiger charge is 2.26. The average Bonchev–Trinajstić information content (AvgIpc) is 3.08. The van der Waals surface area contributed by atoms with Crippen molar-refractivity contribution in [3.05, 3.63) is 64.7 Å². The van der Waals surface area contributed by atoms with Crippen molar-refractivity contribution in [2.75, 3.05) is 19.7 Å². The number of amides is 2. The fourth-order valence-electron chi connectivity index (χ4n) is 3.75. The maximum atomic E-state index is 12.4. The van der Waals surface area contributed by atoms with Crippen molar-refractivity contribution in [2.45, 2.75) is 31.5 Å². The molecular formula is C21H24ClN3O2. The van der Waals surface area contributed by atoms with E-state index in [2.05, 4.69) is 27.7 Å². The number of rotatable bonds is 4. The van der Waals surface area contributed by atoms with Crippen LogP contribution in [-0.4, -0.2) is 36.7 Å². The lowest BCUT2D eigenvalue weighted by Gasteiger charge is -2.32. The molecule has 2 heterocycles. The molecule has 27 heavy (non-hydrogen) atoms. The lowest BCUT2D eigenvalue weighted by Crippen LogP contribution is -2.48. The number of benzene rings is 2. The summed E-state index contributed by atoms with van der Waals surface area (Å²) in [5.74, 6) is 0.860. The smallest absolute Gasteiger partial charge is 0.315 e. The van der Waals surface area contributed by atoms with Crippen molar-refractivity contribution in [1.29, 1.82) is 0 Å². The SMILES string of the molecule is O=C(NC1CCN(Cc2ccc(Cl)cc2)CC1)NC1COc2ccccc21. The molecule has 0 spiro atoms. The van der Waals surface area contributed by atoms with Crippen molar-refractivity contribution in [3.63, 3.8) is 0 Å². The van der Waals surface area contributed by atoms with Gasteiger partial charge in [0.05, 0.1) is 6.04 Å². The second-order valence-corrected chi connectivity index (χ2v) is 7.63. The number of nitrogens with zero attached hydrogens (tertiary/aromatic N) is 1. The van der Waals surface area contributed by atoms with E-state index in [1.165, 1.54) is 5.56 Å². The number of urea groups is 1. The van der Waals surface area contributed by atoms with E-state index in [9.17, 15) is 4.79 Å². The van der Waals surface area contributed by atoms with Crippen LogP contribution in [0.1, 0.15) is 30.0 Å². The first kappa shape index (κ1) is 18.1. The highest BCUT2D eigenvalue weighted by Crippen LogP contribution is 2.31. The third-order valence-electron chi connectivity index (χ3n) is 5.25. The first-order valence-corrected chi connectivity index (χ1v) is 9.81. The summed E-state index contributed by atoms with van der Waals surface area (Å²) < 4.78 is 5.62. The lowest BCUT2D eigenvalue weighted by atomic mass is 10.0. The van der Waals surface area contributed by atoms with E-state index in [4.69, 9.17) is 16.3 Å². The summed E-state index contributed by atoms with van der Waals surface area (Å²) in [4.78, 5) is 14.8. The van der Waals surface area contributed by atoms with Crippen molar-refractivity contribution < 1.29 is 9.53 Å². The molecule has 1 fully saturated rings. The summed E-state index contributed by atoms with van der Waals surface area (Å²) >= 11 is 5.94. The largest absolute Gasteiger partial charge is 0.491 e. The van der Waals surface area contributed by atoms with Crippen molar-refractivity contribution in [3.8, 4) is 5.75 Å². The summed E-state index contributed by atoms with van der Waals surface area (Å²) in [6, 6.07) is 15.9. The fourth-order valence-corrected chi connectivity index (χ4v) is 3.88. The van der Waals surface area contributed by atoms with Gasteiger partial charge in [0.2, 0.25) is 0 Å². The van der Waals surface area contributed by atoms with Crippen LogP contribution in [0.25, 0.3) is 0 Å². The Morgan fingerprint density at radius 3 is 2.59 bits per heavy atom. The van der Waals surface area contributed by atoms with E-state index in [0.29, 0.717) is 6.61 Å². The minimum atomic E-state index is -0.114. The minimum Gasteiger partial charge on any atom is -0.491 e. The molecule has 0 aromatic heterocycles. The number of nitrogens with one attached hydrogen (secondary N) is 2. The number of fused-ring (bicyclic) bond motifs is 1. The molecule has 4 rings (SSSR count). The van der Waals surface area contributed by atoms with Crippen LogP contribution in [-0.2, 0) is 6.54 Å². The summed E-state index contributed by atoms with van der Waals surface area (Å²) in [7, 11) is 0. The van der Waals surface area contributed by atoms with Gasteiger partial charge in [0.15, 0.2) is 0 Å². The number of carbonyl (C=O) groups excluding carboxylic acids is 1. The summed E-state index contributed by atoms with van der Waals surface area (Å²) in [5, 5.41) is 6.92. The van der Waals surface area contributed by atoms with Crippen LogP contribution in [0.3, 0.4) is 0 Å². The van der Waals surface area contributed by atoms with Gasteiger partial charge in [-0.25, -0.2) is 4.79 Å². The van der Waals surface area contributed by atoms with E-state index < -0.39 is 0 Å². The molecule has 142 valence electrons. The number of ether oxygens (including phenoxy) is 1. The Bertz CT molecular complexity index is 788. The van der Waals surface area contributed by atoms with Crippen LogP contribution >= 0.6 is 11.6 Å². The number of hydrogen-bond acceptors (Lipinski definition) is 3. The Balaban J connectivity index is 1.22. The molecule has 2 aliphatic rings. The van der Waals surface area contributed by atoms with Gasteiger partial charge in [-0.05, 0) is 36.6 Å². The second-order valence-electron chi connectivity index (χ2n) is 7.20. The van der Waals surface area contributed by atoms with Gasteiger partial charge in [-0.15, -0.1) is 0 Å². The van der Waals surface area contributed by atoms with Crippen LogP contribution in [0.5, 0.6) is 5.75 Å². The molecule has 5 nitrogen and oxygen atoms in total. The number of para-hydroxylation sites is 1. The Hall–Kier alpha value is -2.24. The monoisotopic (exact) mass is 385 g/mol. The zero-order valence-corrected chi connectivity index (χ0v) is 15.9. The normalized spacial score (nSPS) is 20.0. The van der Waals surface area contributed by atoms with Crippen molar-refractivity contribution in [1.82, 2.24) is 15.5 Å². The van der Waals surface area contributed by atoms with Gasteiger partial charge < -0.3 is 15.4 Å². The standard InChI is InChI=1S/C21H24ClN3O2/c22-16-7-5-15(6-8-16)13-25-11-9-17(10-12-25)23-21(26)24-19-14-27-20-4-2-1-3-18(19)20/h1-8,17,19H,9-14H2,(H2,23,24,26). The van der Waals surface area contributed by atoms with E-state index in [0.717, 1.165) is 48.8 Å². The molecule has 0 saturated carbocycles. The van der Waals surface area contributed by atoms with Gasteiger partial charge in [-0.3, -0.25) is 4.90 Å². The number of likely N-dealkylation sites (tertiary alicyclic amines) is 1. The Labute approximate surface area is 164 Å².